The van der Waals surface area contributed by atoms with Gasteiger partial charge in [-0.2, -0.15) is 5.10 Å². The first kappa shape index (κ1) is 18.5. The molecule has 1 aliphatic carbocycles. The summed E-state index contributed by atoms with van der Waals surface area (Å²) in [7, 11) is 6.34. The van der Waals surface area contributed by atoms with Gasteiger partial charge in [0.25, 0.3) is 0 Å². The number of ether oxygens (including phenoxy) is 1. The third-order valence-electron chi connectivity index (χ3n) is 6.01. The quantitative estimate of drug-likeness (QED) is 0.829. The molecule has 1 aromatic carbocycles. The predicted molar refractivity (Wildman–Crippen MR) is 108 cm³/mol. The average Bonchev–Trinajstić information content (AvgIpc) is 2.96. The van der Waals surface area contributed by atoms with Crippen LogP contribution in [0.4, 0.5) is 0 Å². The van der Waals surface area contributed by atoms with E-state index in [9.17, 15) is 0 Å². The summed E-state index contributed by atoms with van der Waals surface area (Å²) in [5.41, 5.74) is 2.51. The van der Waals surface area contributed by atoms with Crippen LogP contribution in [0, 0.1) is 5.92 Å². The second kappa shape index (κ2) is 7.64. The van der Waals surface area contributed by atoms with Crippen LogP contribution in [0.5, 0.6) is 5.75 Å². The topological polar surface area (TPSA) is 33.5 Å². The van der Waals surface area contributed by atoms with E-state index in [0.717, 1.165) is 44.1 Å². The Bertz CT molecular complexity index is 761. The van der Waals surface area contributed by atoms with Gasteiger partial charge in [-0.25, -0.2) is 0 Å². The lowest BCUT2D eigenvalue weighted by Gasteiger charge is -2.42. The number of hydrogen-bond donors (Lipinski definition) is 0. The maximum Gasteiger partial charge on any atom is 0.124 e. The molecule has 2 aliphatic rings. The molecule has 0 saturated heterocycles. The lowest BCUT2D eigenvalue weighted by Crippen LogP contribution is -2.48. The summed E-state index contributed by atoms with van der Waals surface area (Å²) in [5.74, 6) is 1.87. The van der Waals surface area contributed by atoms with Crippen molar-refractivity contribution in [1.29, 1.82) is 0 Å². The number of nitrogens with zero attached hydrogens (tertiary/aromatic N) is 4. The first-order chi connectivity index (χ1) is 13.0. The number of hydrogen-bond acceptors (Lipinski definition) is 4. The molecule has 1 spiro atoms. The van der Waals surface area contributed by atoms with E-state index in [-0.39, 0.29) is 5.60 Å². The van der Waals surface area contributed by atoms with Gasteiger partial charge in [-0.1, -0.05) is 18.2 Å². The fourth-order valence-electron chi connectivity index (χ4n) is 4.79. The minimum Gasteiger partial charge on any atom is -0.486 e. The van der Waals surface area contributed by atoms with Crippen LogP contribution in [0.1, 0.15) is 36.8 Å². The SMILES string of the molecule is CN(C)CC1CCC2(CC1)CN(Cc1cnn(C)c1)Cc1ccccc1O2. The minimum atomic E-state index is -0.0579. The van der Waals surface area contributed by atoms with Gasteiger partial charge in [0, 0.05) is 50.6 Å². The molecule has 0 bridgehead atoms. The highest BCUT2D eigenvalue weighted by Gasteiger charge is 2.41. The Morgan fingerprint density at radius 3 is 2.70 bits per heavy atom. The van der Waals surface area contributed by atoms with Crippen molar-refractivity contribution in [2.45, 2.75) is 44.4 Å². The van der Waals surface area contributed by atoms with E-state index in [4.69, 9.17) is 4.74 Å². The lowest BCUT2D eigenvalue weighted by atomic mass is 9.78. The van der Waals surface area contributed by atoms with Gasteiger partial charge in [0.1, 0.15) is 11.4 Å². The van der Waals surface area contributed by atoms with Crippen molar-refractivity contribution in [3.63, 3.8) is 0 Å². The van der Waals surface area contributed by atoms with Crippen LogP contribution in [0.2, 0.25) is 0 Å². The smallest absolute Gasteiger partial charge is 0.124 e. The Hall–Kier alpha value is -1.85. The van der Waals surface area contributed by atoms with Crippen molar-refractivity contribution in [1.82, 2.24) is 19.6 Å². The summed E-state index contributed by atoms with van der Waals surface area (Å²) < 4.78 is 8.62. The van der Waals surface area contributed by atoms with Crippen LogP contribution >= 0.6 is 0 Å². The molecule has 1 saturated carbocycles. The van der Waals surface area contributed by atoms with Gasteiger partial charge in [0.05, 0.1) is 6.20 Å². The number of para-hydroxylation sites is 1. The summed E-state index contributed by atoms with van der Waals surface area (Å²) in [4.78, 5) is 4.87. The van der Waals surface area contributed by atoms with E-state index in [2.05, 4.69) is 59.5 Å². The van der Waals surface area contributed by atoms with E-state index in [0.29, 0.717) is 0 Å². The van der Waals surface area contributed by atoms with Crippen molar-refractivity contribution in [3.05, 3.63) is 47.8 Å². The number of aromatic nitrogens is 2. The molecule has 4 rings (SSSR count). The van der Waals surface area contributed by atoms with Crippen LogP contribution in [0.25, 0.3) is 0 Å². The molecule has 1 fully saturated rings. The molecule has 2 aromatic rings. The molecule has 0 atom stereocenters. The zero-order valence-electron chi connectivity index (χ0n) is 16.9. The second-order valence-corrected chi connectivity index (χ2v) is 8.77. The maximum absolute atomic E-state index is 6.74. The molecule has 5 heteroatoms. The van der Waals surface area contributed by atoms with Crippen LogP contribution in [0.3, 0.4) is 0 Å². The van der Waals surface area contributed by atoms with Crippen LogP contribution in [0.15, 0.2) is 36.7 Å². The van der Waals surface area contributed by atoms with E-state index in [1.165, 1.54) is 30.5 Å². The first-order valence-corrected chi connectivity index (χ1v) is 10.1. The molecule has 2 heterocycles. The van der Waals surface area contributed by atoms with E-state index < -0.39 is 0 Å². The van der Waals surface area contributed by atoms with Crippen molar-refractivity contribution in [2.24, 2.45) is 13.0 Å². The molecular formula is C22H32N4O. The Morgan fingerprint density at radius 2 is 2.00 bits per heavy atom. The van der Waals surface area contributed by atoms with Gasteiger partial charge in [-0.3, -0.25) is 9.58 Å². The maximum atomic E-state index is 6.74. The number of fused-ring (bicyclic) bond motifs is 1. The average molecular weight is 369 g/mol. The Kier molecular flexibility index (Phi) is 5.24. The second-order valence-electron chi connectivity index (χ2n) is 8.77. The molecule has 0 amide bonds. The van der Waals surface area contributed by atoms with E-state index in [1.807, 2.05) is 17.9 Å². The van der Waals surface area contributed by atoms with Gasteiger partial charge in [-0.15, -0.1) is 0 Å². The van der Waals surface area contributed by atoms with Crippen LogP contribution in [-0.4, -0.2) is 52.4 Å². The highest BCUT2D eigenvalue weighted by Crippen LogP contribution is 2.40. The van der Waals surface area contributed by atoms with E-state index in [1.54, 1.807) is 0 Å². The lowest BCUT2D eigenvalue weighted by molar-refractivity contribution is -0.0114. The molecule has 1 aromatic heterocycles. The fourth-order valence-corrected chi connectivity index (χ4v) is 4.79. The number of benzene rings is 1. The van der Waals surface area contributed by atoms with Crippen LogP contribution in [-0.2, 0) is 20.1 Å². The predicted octanol–water partition coefficient (Wildman–Crippen LogP) is 3.31. The van der Waals surface area contributed by atoms with Crippen LogP contribution < -0.4 is 4.74 Å². The first-order valence-electron chi connectivity index (χ1n) is 10.1. The Labute approximate surface area is 162 Å². The van der Waals surface area contributed by atoms with E-state index >= 15 is 0 Å². The van der Waals surface area contributed by atoms with Gasteiger partial charge < -0.3 is 9.64 Å². The Morgan fingerprint density at radius 1 is 1.22 bits per heavy atom. The molecule has 0 unspecified atom stereocenters. The summed E-state index contributed by atoms with van der Waals surface area (Å²) in [6.07, 6.45) is 8.89. The molecular weight excluding hydrogens is 336 g/mol. The van der Waals surface area contributed by atoms with Crippen molar-refractivity contribution in [2.75, 3.05) is 27.2 Å². The Balaban J connectivity index is 1.54. The molecule has 146 valence electrons. The third kappa shape index (κ3) is 4.36. The van der Waals surface area contributed by atoms with Gasteiger partial charge in [0.15, 0.2) is 0 Å². The zero-order valence-corrected chi connectivity index (χ0v) is 16.9. The van der Waals surface area contributed by atoms with Gasteiger partial charge >= 0.3 is 0 Å². The van der Waals surface area contributed by atoms with Crippen molar-refractivity contribution >= 4 is 0 Å². The molecule has 5 nitrogen and oxygen atoms in total. The summed E-state index contributed by atoms with van der Waals surface area (Å²) in [6.45, 7) is 4.04. The standard InChI is InChI=1S/C22H32N4O/c1-24(2)13-18-8-10-22(11-9-18)17-26(15-19-12-23-25(3)14-19)16-20-6-4-5-7-21(20)27-22/h4-7,12,14,18H,8-11,13,15-17H2,1-3H3. The fraction of sp³-hybridized carbons (Fsp3) is 0.591. The summed E-state index contributed by atoms with van der Waals surface area (Å²) >= 11 is 0. The van der Waals surface area contributed by atoms with Gasteiger partial charge in [-0.05, 0) is 51.8 Å². The zero-order chi connectivity index (χ0) is 18.9. The van der Waals surface area contributed by atoms with Crippen molar-refractivity contribution in [3.8, 4) is 5.75 Å². The highest BCUT2D eigenvalue weighted by atomic mass is 16.5. The normalized spacial score (nSPS) is 26.0. The monoisotopic (exact) mass is 368 g/mol. The third-order valence-corrected chi connectivity index (χ3v) is 6.01. The number of aryl methyl sites for hydroxylation is 1. The molecule has 27 heavy (non-hydrogen) atoms. The van der Waals surface area contributed by atoms with Gasteiger partial charge in [0.2, 0.25) is 0 Å². The number of rotatable bonds is 4. The summed E-state index contributed by atoms with van der Waals surface area (Å²) in [5, 5.41) is 4.35. The molecule has 1 aliphatic heterocycles. The summed E-state index contributed by atoms with van der Waals surface area (Å²) in [6, 6.07) is 8.58. The highest BCUT2D eigenvalue weighted by molar-refractivity contribution is 5.35. The molecule has 0 radical (unpaired) electrons. The van der Waals surface area contributed by atoms with Crippen molar-refractivity contribution < 1.29 is 4.74 Å². The largest absolute Gasteiger partial charge is 0.486 e. The minimum absolute atomic E-state index is 0.0579. The molecule has 0 N–H and O–H groups in total.